The Labute approximate surface area is 91.2 Å². The Morgan fingerprint density at radius 2 is 2.00 bits per heavy atom. The molecule has 0 bridgehead atoms. The SMILES string of the molecule is CCOC(=O)CC(=O)C1CCC(CC)C1. The number of rotatable bonds is 5. The zero-order valence-electron chi connectivity index (χ0n) is 9.62. The highest BCUT2D eigenvalue weighted by Crippen LogP contribution is 2.33. The Kier molecular flexibility index (Phi) is 4.79. The van der Waals surface area contributed by atoms with Gasteiger partial charge in [-0.1, -0.05) is 13.3 Å². The Bertz CT molecular complexity index is 235. The molecule has 1 rings (SSSR count). The molecule has 3 nitrogen and oxygen atoms in total. The van der Waals surface area contributed by atoms with Crippen LogP contribution in [-0.4, -0.2) is 18.4 Å². The van der Waals surface area contributed by atoms with Crippen molar-refractivity contribution in [2.75, 3.05) is 6.61 Å². The number of esters is 1. The molecular weight excluding hydrogens is 192 g/mol. The van der Waals surface area contributed by atoms with Crippen LogP contribution in [0.25, 0.3) is 0 Å². The summed E-state index contributed by atoms with van der Waals surface area (Å²) in [5.74, 6) is 0.493. The van der Waals surface area contributed by atoms with Crippen LogP contribution < -0.4 is 0 Å². The molecule has 0 heterocycles. The maximum atomic E-state index is 11.7. The van der Waals surface area contributed by atoms with E-state index in [2.05, 4.69) is 6.92 Å². The number of ketones is 1. The van der Waals surface area contributed by atoms with Crippen molar-refractivity contribution >= 4 is 11.8 Å². The fourth-order valence-corrected chi connectivity index (χ4v) is 2.24. The molecule has 1 fully saturated rings. The van der Waals surface area contributed by atoms with E-state index in [0.717, 1.165) is 25.7 Å². The van der Waals surface area contributed by atoms with Crippen LogP contribution in [0.15, 0.2) is 0 Å². The van der Waals surface area contributed by atoms with Gasteiger partial charge in [0.1, 0.15) is 12.2 Å². The average Bonchev–Trinajstić information content (AvgIpc) is 2.66. The molecule has 86 valence electrons. The first kappa shape index (κ1) is 12.2. The van der Waals surface area contributed by atoms with Gasteiger partial charge in [0.2, 0.25) is 0 Å². The summed E-state index contributed by atoms with van der Waals surface area (Å²) in [5.41, 5.74) is 0. The zero-order chi connectivity index (χ0) is 11.3. The normalized spacial score (nSPS) is 25.2. The van der Waals surface area contributed by atoms with E-state index in [-0.39, 0.29) is 24.1 Å². The summed E-state index contributed by atoms with van der Waals surface area (Å²) in [6.45, 7) is 4.27. The van der Waals surface area contributed by atoms with Crippen LogP contribution in [0.1, 0.15) is 46.0 Å². The van der Waals surface area contributed by atoms with E-state index < -0.39 is 0 Å². The quantitative estimate of drug-likeness (QED) is 0.519. The maximum Gasteiger partial charge on any atom is 0.313 e. The lowest BCUT2D eigenvalue weighted by Crippen LogP contribution is -2.17. The lowest BCUT2D eigenvalue weighted by molar-refractivity contribution is -0.146. The molecule has 0 saturated heterocycles. The number of carbonyl (C=O) groups excluding carboxylic acids is 2. The number of carbonyl (C=O) groups is 2. The highest BCUT2D eigenvalue weighted by atomic mass is 16.5. The highest BCUT2D eigenvalue weighted by Gasteiger charge is 2.29. The molecule has 1 saturated carbocycles. The molecule has 2 atom stereocenters. The number of hydrogen-bond acceptors (Lipinski definition) is 3. The highest BCUT2D eigenvalue weighted by molar-refractivity contribution is 5.96. The first-order chi connectivity index (χ1) is 7.17. The lowest BCUT2D eigenvalue weighted by Gasteiger charge is -2.08. The van der Waals surface area contributed by atoms with Crippen molar-refractivity contribution in [3.05, 3.63) is 0 Å². The van der Waals surface area contributed by atoms with E-state index in [1.54, 1.807) is 6.92 Å². The van der Waals surface area contributed by atoms with Crippen LogP contribution in [0.2, 0.25) is 0 Å². The van der Waals surface area contributed by atoms with E-state index in [9.17, 15) is 9.59 Å². The topological polar surface area (TPSA) is 43.4 Å². The van der Waals surface area contributed by atoms with Crippen molar-refractivity contribution in [3.63, 3.8) is 0 Å². The van der Waals surface area contributed by atoms with E-state index in [4.69, 9.17) is 4.74 Å². The molecule has 0 aromatic carbocycles. The average molecular weight is 212 g/mol. The first-order valence-corrected chi connectivity index (χ1v) is 5.85. The number of ether oxygens (including phenoxy) is 1. The van der Waals surface area contributed by atoms with E-state index in [1.165, 1.54) is 0 Å². The van der Waals surface area contributed by atoms with Gasteiger partial charge in [-0.2, -0.15) is 0 Å². The molecule has 0 N–H and O–H groups in total. The summed E-state index contributed by atoms with van der Waals surface area (Å²) in [7, 11) is 0. The van der Waals surface area contributed by atoms with Crippen LogP contribution in [-0.2, 0) is 14.3 Å². The van der Waals surface area contributed by atoms with Gasteiger partial charge in [0.05, 0.1) is 6.61 Å². The van der Waals surface area contributed by atoms with Crippen LogP contribution in [0.3, 0.4) is 0 Å². The molecule has 0 aromatic heterocycles. The minimum absolute atomic E-state index is 0.0328. The Hall–Kier alpha value is -0.860. The standard InChI is InChI=1S/C12H20O3/c1-3-9-5-6-10(7-9)11(13)8-12(14)15-4-2/h9-10H,3-8H2,1-2H3. The van der Waals surface area contributed by atoms with Crippen molar-refractivity contribution in [2.45, 2.75) is 46.0 Å². The van der Waals surface area contributed by atoms with Gasteiger partial charge in [0.15, 0.2) is 0 Å². The maximum absolute atomic E-state index is 11.7. The van der Waals surface area contributed by atoms with Crippen LogP contribution in [0.5, 0.6) is 0 Å². The molecular formula is C12H20O3. The van der Waals surface area contributed by atoms with Crippen molar-refractivity contribution < 1.29 is 14.3 Å². The Morgan fingerprint density at radius 3 is 2.53 bits per heavy atom. The fourth-order valence-electron chi connectivity index (χ4n) is 2.24. The molecule has 0 aromatic rings. The van der Waals surface area contributed by atoms with Gasteiger partial charge in [0.25, 0.3) is 0 Å². The third-order valence-corrected chi connectivity index (χ3v) is 3.20. The van der Waals surface area contributed by atoms with Gasteiger partial charge in [-0.25, -0.2) is 0 Å². The number of hydrogen-bond donors (Lipinski definition) is 0. The molecule has 0 amide bonds. The van der Waals surface area contributed by atoms with Gasteiger partial charge >= 0.3 is 5.97 Å². The predicted octanol–water partition coefficient (Wildman–Crippen LogP) is 2.33. The van der Waals surface area contributed by atoms with Crippen LogP contribution >= 0.6 is 0 Å². The van der Waals surface area contributed by atoms with Gasteiger partial charge in [-0.3, -0.25) is 9.59 Å². The lowest BCUT2D eigenvalue weighted by atomic mass is 9.97. The Morgan fingerprint density at radius 1 is 1.27 bits per heavy atom. The smallest absolute Gasteiger partial charge is 0.313 e. The van der Waals surface area contributed by atoms with Gasteiger partial charge < -0.3 is 4.74 Å². The van der Waals surface area contributed by atoms with Crippen molar-refractivity contribution in [2.24, 2.45) is 11.8 Å². The molecule has 0 aliphatic heterocycles. The predicted molar refractivity (Wildman–Crippen MR) is 57.4 cm³/mol. The zero-order valence-corrected chi connectivity index (χ0v) is 9.62. The van der Waals surface area contributed by atoms with Crippen molar-refractivity contribution in [1.82, 2.24) is 0 Å². The molecule has 3 heteroatoms. The molecule has 0 spiro atoms. The van der Waals surface area contributed by atoms with Crippen molar-refractivity contribution in [3.8, 4) is 0 Å². The van der Waals surface area contributed by atoms with Gasteiger partial charge in [-0.05, 0) is 32.1 Å². The summed E-state index contributed by atoms with van der Waals surface area (Å²) in [4.78, 5) is 22.8. The fraction of sp³-hybridized carbons (Fsp3) is 0.833. The second kappa shape index (κ2) is 5.89. The third kappa shape index (κ3) is 3.65. The Balaban J connectivity index is 2.32. The summed E-state index contributed by atoms with van der Waals surface area (Å²) in [5, 5.41) is 0. The molecule has 15 heavy (non-hydrogen) atoms. The molecule has 1 aliphatic carbocycles. The van der Waals surface area contributed by atoms with E-state index in [0.29, 0.717) is 12.5 Å². The van der Waals surface area contributed by atoms with Gasteiger partial charge in [0, 0.05) is 5.92 Å². The molecule has 2 unspecified atom stereocenters. The monoisotopic (exact) mass is 212 g/mol. The minimum Gasteiger partial charge on any atom is -0.466 e. The van der Waals surface area contributed by atoms with E-state index >= 15 is 0 Å². The second-order valence-electron chi connectivity index (χ2n) is 4.23. The summed E-state index contributed by atoms with van der Waals surface area (Å²) >= 11 is 0. The van der Waals surface area contributed by atoms with Crippen LogP contribution in [0, 0.1) is 11.8 Å². The molecule has 0 radical (unpaired) electrons. The third-order valence-electron chi connectivity index (χ3n) is 3.20. The summed E-state index contributed by atoms with van der Waals surface area (Å²) < 4.78 is 4.77. The van der Waals surface area contributed by atoms with E-state index in [1.807, 2.05) is 0 Å². The molecule has 1 aliphatic rings. The first-order valence-electron chi connectivity index (χ1n) is 5.85. The summed E-state index contributed by atoms with van der Waals surface area (Å²) in [6, 6.07) is 0. The minimum atomic E-state index is -0.373. The van der Waals surface area contributed by atoms with Crippen LogP contribution in [0.4, 0.5) is 0 Å². The number of Topliss-reactive ketones (excluding diaryl/α,β-unsaturated/α-hetero) is 1. The second-order valence-corrected chi connectivity index (χ2v) is 4.23. The van der Waals surface area contributed by atoms with Gasteiger partial charge in [-0.15, -0.1) is 0 Å². The summed E-state index contributed by atoms with van der Waals surface area (Å²) in [6.07, 6.45) is 4.17. The van der Waals surface area contributed by atoms with Crippen molar-refractivity contribution in [1.29, 1.82) is 0 Å². The largest absolute Gasteiger partial charge is 0.466 e.